The van der Waals surface area contributed by atoms with Crippen LogP contribution in [0.2, 0.25) is 0 Å². The first-order chi connectivity index (χ1) is 15.2. The van der Waals surface area contributed by atoms with Gasteiger partial charge in [-0.3, -0.25) is 0 Å². The number of thioether (sulfide) groups is 1. The molecule has 3 aromatic carbocycles. The van der Waals surface area contributed by atoms with Crippen molar-refractivity contribution < 1.29 is 9.52 Å². The van der Waals surface area contributed by atoms with Crippen molar-refractivity contribution in [2.24, 2.45) is 0 Å². The third-order valence-electron chi connectivity index (χ3n) is 4.66. The molecule has 1 heterocycles. The molecule has 1 aromatic heterocycles. The van der Waals surface area contributed by atoms with E-state index in [0.29, 0.717) is 17.1 Å². The fraction of sp³-hybridized carbons (Fsp3) is 0.0741. The van der Waals surface area contributed by atoms with E-state index < -0.39 is 5.63 Å². The molecule has 0 amide bonds. The van der Waals surface area contributed by atoms with Crippen molar-refractivity contribution in [1.82, 2.24) is 0 Å². The van der Waals surface area contributed by atoms with Crippen LogP contribution in [0.15, 0.2) is 105 Å². The van der Waals surface area contributed by atoms with Crippen molar-refractivity contribution in [3.8, 4) is 28.9 Å². The number of hydrogen-bond donors (Lipinski definition) is 1. The second kappa shape index (κ2) is 9.88. The lowest BCUT2D eigenvalue weighted by molar-refractivity contribution is 0.430. The average Bonchev–Trinajstić information content (AvgIpc) is 2.81. The number of rotatable bonds is 5. The van der Waals surface area contributed by atoms with Crippen LogP contribution in [-0.4, -0.2) is 10.9 Å². The lowest BCUT2D eigenvalue weighted by Gasteiger charge is -2.06. The quantitative estimate of drug-likeness (QED) is 0.328. The Morgan fingerprint density at radius 3 is 2.06 bits per heavy atom. The number of hydrogen-bond acceptors (Lipinski definition) is 4. The summed E-state index contributed by atoms with van der Waals surface area (Å²) in [7, 11) is 0. The zero-order valence-electron chi connectivity index (χ0n) is 16.7. The highest BCUT2D eigenvalue weighted by molar-refractivity contribution is 7.99. The fourth-order valence-corrected chi connectivity index (χ4v) is 3.95. The summed E-state index contributed by atoms with van der Waals surface area (Å²) < 4.78 is 5.47. The summed E-state index contributed by atoms with van der Waals surface area (Å²) in [5.41, 5.74) is 3.17. The Hall–Kier alpha value is -3.68. The maximum absolute atomic E-state index is 12.4. The Kier molecular flexibility index (Phi) is 6.56. The summed E-state index contributed by atoms with van der Waals surface area (Å²) in [6.45, 7) is 0. The van der Waals surface area contributed by atoms with Gasteiger partial charge in [0.1, 0.15) is 16.4 Å². The first kappa shape index (κ1) is 20.6. The van der Waals surface area contributed by atoms with Crippen LogP contribution in [-0.2, 0) is 6.42 Å². The predicted octanol–water partition coefficient (Wildman–Crippen LogP) is 5.75. The van der Waals surface area contributed by atoms with E-state index in [2.05, 4.69) is 11.8 Å². The Balaban J connectivity index is 1.46. The van der Waals surface area contributed by atoms with Gasteiger partial charge in [0, 0.05) is 28.5 Å². The Bertz CT molecular complexity index is 1270. The number of aromatic hydroxyl groups is 1. The highest BCUT2D eigenvalue weighted by atomic mass is 32.2. The van der Waals surface area contributed by atoms with E-state index in [4.69, 9.17) is 4.42 Å². The molecule has 152 valence electrons. The summed E-state index contributed by atoms with van der Waals surface area (Å²) in [6, 6.07) is 28.7. The van der Waals surface area contributed by atoms with Crippen LogP contribution in [0.3, 0.4) is 0 Å². The van der Waals surface area contributed by atoms with Crippen molar-refractivity contribution in [3.05, 3.63) is 118 Å². The molecular weight excluding hydrogens is 404 g/mol. The molecule has 0 aliphatic heterocycles. The first-order valence-electron chi connectivity index (χ1n) is 9.90. The molecule has 0 bridgehead atoms. The standard InChI is InChI=1S/C27H20O3S/c28-24-19-25(30-27(29)26(24)31-18-17-21-9-5-2-6-10-21)23-15-13-22(14-16-23)12-11-20-7-3-1-4-8-20/h1-10,13-16,19,28H,17-18H2. The van der Waals surface area contributed by atoms with Crippen LogP contribution in [0.1, 0.15) is 16.7 Å². The van der Waals surface area contributed by atoms with Gasteiger partial charge in [0.2, 0.25) is 0 Å². The third-order valence-corrected chi connectivity index (χ3v) is 5.74. The monoisotopic (exact) mass is 424 g/mol. The molecule has 0 fully saturated rings. The smallest absolute Gasteiger partial charge is 0.353 e. The van der Waals surface area contributed by atoms with Crippen LogP contribution in [0.4, 0.5) is 0 Å². The largest absolute Gasteiger partial charge is 0.506 e. The van der Waals surface area contributed by atoms with Crippen molar-refractivity contribution in [2.75, 3.05) is 5.75 Å². The van der Waals surface area contributed by atoms with Gasteiger partial charge in [-0.05, 0) is 48.4 Å². The maximum atomic E-state index is 12.4. The highest BCUT2D eigenvalue weighted by Crippen LogP contribution is 2.30. The van der Waals surface area contributed by atoms with Gasteiger partial charge in [-0.1, -0.05) is 60.4 Å². The Morgan fingerprint density at radius 1 is 0.806 bits per heavy atom. The molecule has 0 aliphatic carbocycles. The molecule has 4 aromatic rings. The molecule has 0 atom stereocenters. The van der Waals surface area contributed by atoms with Crippen molar-refractivity contribution in [3.63, 3.8) is 0 Å². The lowest BCUT2D eigenvalue weighted by Crippen LogP contribution is -2.04. The van der Waals surface area contributed by atoms with E-state index >= 15 is 0 Å². The summed E-state index contributed by atoms with van der Waals surface area (Å²) in [5.74, 6) is 7.17. The highest BCUT2D eigenvalue weighted by Gasteiger charge is 2.13. The summed E-state index contributed by atoms with van der Waals surface area (Å²) >= 11 is 1.30. The van der Waals surface area contributed by atoms with Crippen LogP contribution in [0.5, 0.6) is 5.75 Å². The van der Waals surface area contributed by atoms with Crippen molar-refractivity contribution >= 4 is 11.8 Å². The molecule has 31 heavy (non-hydrogen) atoms. The topological polar surface area (TPSA) is 50.4 Å². The van der Waals surface area contributed by atoms with Crippen molar-refractivity contribution in [2.45, 2.75) is 11.3 Å². The first-order valence-corrected chi connectivity index (χ1v) is 10.9. The molecule has 0 spiro atoms. The minimum Gasteiger partial charge on any atom is -0.506 e. The average molecular weight is 425 g/mol. The minimum atomic E-state index is -0.527. The Labute approximate surface area is 185 Å². The SMILES string of the molecule is O=c1oc(-c2ccc(C#Cc3ccccc3)cc2)cc(O)c1SCCc1ccccc1. The second-order valence-corrected chi connectivity index (χ2v) is 8.00. The maximum Gasteiger partial charge on any atom is 0.353 e. The van der Waals surface area contributed by atoms with Gasteiger partial charge in [-0.25, -0.2) is 4.79 Å². The summed E-state index contributed by atoms with van der Waals surface area (Å²) in [6.07, 6.45) is 0.803. The van der Waals surface area contributed by atoms with E-state index in [1.165, 1.54) is 23.4 Å². The normalized spacial score (nSPS) is 10.3. The lowest BCUT2D eigenvalue weighted by atomic mass is 10.1. The van der Waals surface area contributed by atoms with Gasteiger partial charge >= 0.3 is 5.63 Å². The molecule has 0 radical (unpaired) electrons. The van der Waals surface area contributed by atoms with E-state index in [-0.39, 0.29) is 10.6 Å². The fourth-order valence-electron chi connectivity index (χ4n) is 3.04. The van der Waals surface area contributed by atoms with E-state index in [0.717, 1.165) is 17.5 Å². The number of aryl methyl sites for hydroxylation is 1. The molecule has 0 saturated carbocycles. The second-order valence-electron chi connectivity index (χ2n) is 6.89. The van der Waals surface area contributed by atoms with Crippen LogP contribution >= 0.6 is 11.8 Å². The van der Waals surface area contributed by atoms with E-state index in [1.807, 2.05) is 84.9 Å². The third kappa shape index (κ3) is 5.48. The number of benzene rings is 3. The molecule has 4 rings (SSSR count). The summed E-state index contributed by atoms with van der Waals surface area (Å²) in [4.78, 5) is 12.7. The van der Waals surface area contributed by atoms with Crippen LogP contribution < -0.4 is 5.63 Å². The molecule has 1 N–H and O–H groups in total. The van der Waals surface area contributed by atoms with E-state index in [1.54, 1.807) is 0 Å². The van der Waals surface area contributed by atoms with Gasteiger partial charge in [0.05, 0.1) is 0 Å². The van der Waals surface area contributed by atoms with Crippen molar-refractivity contribution in [1.29, 1.82) is 0 Å². The molecule has 4 heteroatoms. The molecule has 0 aliphatic rings. The molecule has 0 unspecified atom stereocenters. The van der Waals surface area contributed by atoms with Gasteiger partial charge in [0.25, 0.3) is 0 Å². The van der Waals surface area contributed by atoms with Gasteiger partial charge < -0.3 is 9.52 Å². The zero-order valence-corrected chi connectivity index (χ0v) is 17.6. The van der Waals surface area contributed by atoms with Gasteiger partial charge in [-0.15, -0.1) is 11.8 Å². The molecule has 0 saturated heterocycles. The zero-order chi connectivity index (χ0) is 21.5. The molecular formula is C27H20O3S. The summed E-state index contributed by atoms with van der Waals surface area (Å²) in [5, 5.41) is 10.4. The Morgan fingerprint density at radius 2 is 1.42 bits per heavy atom. The predicted molar refractivity (Wildman–Crippen MR) is 125 cm³/mol. The molecule has 3 nitrogen and oxygen atoms in total. The van der Waals surface area contributed by atoms with Crippen LogP contribution in [0.25, 0.3) is 11.3 Å². The van der Waals surface area contributed by atoms with Crippen LogP contribution in [0, 0.1) is 11.8 Å². The van der Waals surface area contributed by atoms with E-state index in [9.17, 15) is 9.90 Å². The van der Waals surface area contributed by atoms with Gasteiger partial charge in [-0.2, -0.15) is 0 Å². The van der Waals surface area contributed by atoms with Gasteiger partial charge in [0.15, 0.2) is 0 Å². The minimum absolute atomic E-state index is 0.0581.